The highest BCUT2D eigenvalue weighted by molar-refractivity contribution is 5.39. The van der Waals surface area contributed by atoms with Gasteiger partial charge in [0.05, 0.1) is 0 Å². The van der Waals surface area contributed by atoms with Gasteiger partial charge in [-0.2, -0.15) is 5.26 Å². The number of hydrogen-bond donors (Lipinski definition) is 1. The minimum absolute atomic E-state index is 0.210. The molecule has 3 aliphatic rings. The molecule has 1 aromatic heterocycles. The summed E-state index contributed by atoms with van der Waals surface area (Å²) in [4.78, 5) is 4.41. The lowest BCUT2D eigenvalue weighted by Crippen LogP contribution is -2.67. The van der Waals surface area contributed by atoms with E-state index in [0.29, 0.717) is 17.0 Å². The molecule has 4 rings (SSSR count). The monoisotopic (exact) mass is 349 g/mol. The molecular formula is C22H27N3O. The summed E-state index contributed by atoms with van der Waals surface area (Å²) in [7, 11) is 0. The molecule has 136 valence electrons. The van der Waals surface area contributed by atoms with E-state index in [-0.39, 0.29) is 6.10 Å². The van der Waals surface area contributed by atoms with Crippen LogP contribution in [0.25, 0.3) is 0 Å². The molecule has 0 radical (unpaired) electrons. The maximum atomic E-state index is 9.33. The van der Waals surface area contributed by atoms with Crippen molar-refractivity contribution < 1.29 is 4.74 Å². The second-order valence-electron chi connectivity index (χ2n) is 7.46. The predicted octanol–water partition coefficient (Wildman–Crippen LogP) is 4.23. The Labute approximate surface area is 156 Å². The number of pyridine rings is 1. The van der Waals surface area contributed by atoms with E-state index in [1.165, 1.54) is 19.3 Å². The Morgan fingerprint density at radius 3 is 2.85 bits per heavy atom. The molecule has 0 unspecified atom stereocenters. The molecular weight excluding hydrogens is 322 g/mol. The Balaban J connectivity index is 1.67. The molecule has 1 N–H and O–H groups in total. The van der Waals surface area contributed by atoms with Gasteiger partial charge in [0.1, 0.15) is 17.7 Å². The minimum atomic E-state index is -0.210. The SMILES string of the molecule is C=C(/C=C\C=C/C)[C@@H](CCNC12CC(C1)C2)Oc1nc(C)ccc1C#N. The molecule has 4 heteroatoms. The topological polar surface area (TPSA) is 57.9 Å². The lowest BCUT2D eigenvalue weighted by atomic mass is 9.50. The van der Waals surface area contributed by atoms with Crippen molar-refractivity contribution in [2.45, 2.75) is 51.2 Å². The first-order valence-electron chi connectivity index (χ1n) is 9.33. The zero-order valence-corrected chi connectivity index (χ0v) is 15.7. The van der Waals surface area contributed by atoms with Gasteiger partial charge in [0, 0.05) is 17.7 Å². The average molecular weight is 349 g/mol. The first kappa shape index (κ1) is 18.4. The fourth-order valence-corrected chi connectivity index (χ4v) is 3.72. The van der Waals surface area contributed by atoms with Gasteiger partial charge in [-0.1, -0.05) is 30.9 Å². The zero-order valence-electron chi connectivity index (χ0n) is 15.7. The first-order chi connectivity index (χ1) is 12.5. The summed E-state index contributed by atoms with van der Waals surface area (Å²) < 4.78 is 6.14. The van der Waals surface area contributed by atoms with Gasteiger partial charge in [-0.15, -0.1) is 0 Å². The third-order valence-corrected chi connectivity index (χ3v) is 5.35. The number of nitriles is 1. The molecule has 1 aromatic rings. The summed E-state index contributed by atoms with van der Waals surface area (Å²) in [5.74, 6) is 1.35. The smallest absolute Gasteiger partial charge is 0.232 e. The summed E-state index contributed by atoms with van der Waals surface area (Å²) >= 11 is 0. The van der Waals surface area contributed by atoms with Gasteiger partial charge in [0.15, 0.2) is 0 Å². The molecule has 3 saturated carbocycles. The Morgan fingerprint density at radius 1 is 1.46 bits per heavy atom. The average Bonchev–Trinajstić information content (AvgIpc) is 2.55. The summed E-state index contributed by atoms with van der Waals surface area (Å²) in [6.45, 7) is 8.93. The van der Waals surface area contributed by atoms with Gasteiger partial charge >= 0.3 is 0 Å². The van der Waals surface area contributed by atoms with Crippen LogP contribution in [0.1, 0.15) is 43.9 Å². The van der Waals surface area contributed by atoms with Crippen LogP contribution in [0.2, 0.25) is 0 Å². The van der Waals surface area contributed by atoms with Crippen molar-refractivity contribution in [3.05, 3.63) is 59.8 Å². The molecule has 3 aliphatic carbocycles. The largest absolute Gasteiger partial charge is 0.468 e. The molecule has 26 heavy (non-hydrogen) atoms. The predicted molar refractivity (Wildman–Crippen MR) is 104 cm³/mol. The highest BCUT2D eigenvalue weighted by Gasteiger charge is 2.55. The van der Waals surface area contributed by atoms with Gasteiger partial charge in [-0.3, -0.25) is 0 Å². The van der Waals surface area contributed by atoms with Crippen LogP contribution in [-0.4, -0.2) is 23.2 Å². The highest BCUT2D eigenvalue weighted by Crippen LogP contribution is 2.56. The summed E-state index contributed by atoms with van der Waals surface area (Å²) in [6, 6.07) is 5.74. The van der Waals surface area contributed by atoms with Crippen LogP contribution < -0.4 is 10.1 Å². The van der Waals surface area contributed by atoms with Crippen molar-refractivity contribution in [1.82, 2.24) is 10.3 Å². The van der Waals surface area contributed by atoms with Crippen molar-refractivity contribution >= 4 is 0 Å². The van der Waals surface area contributed by atoms with Crippen LogP contribution >= 0.6 is 0 Å². The summed E-state index contributed by atoms with van der Waals surface area (Å²) in [6.07, 6.45) is 12.4. The Morgan fingerprint density at radius 2 is 2.23 bits per heavy atom. The molecule has 0 aliphatic heterocycles. The Bertz CT molecular complexity index is 755. The number of allylic oxidation sites excluding steroid dienone is 3. The second-order valence-corrected chi connectivity index (χ2v) is 7.46. The molecule has 4 nitrogen and oxygen atoms in total. The van der Waals surface area contributed by atoms with Gasteiger partial charge in [0.25, 0.3) is 0 Å². The third kappa shape index (κ3) is 4.05. The van der Waals surface area contributed by atoms with E-state index in [9.17, 15) is 5.26 Å². The van der Waals surface area contributed by atoms with Gasteiger partial charge in [0.2, 0.25) is 5.88 Å². The molecule has 3 fully saturated rings. The van der Waals surface area contributed by atoms with Crippen LogP contribution in [-0.2, 0) is 0 Å². The quantitative estimate of drug-likeness (QED) is 0.678. The molecule has 1 heterocycles. The van der Waals surface area contributed by atoms with E-state index in [2.05, 4.69) is 22.9 Å². The zero-order chi connectivity index (χ0) is 18.6. The molecule has 0 saturated heterocycles. The number of nitrogens with zero attached hydrogens (tertiary/aromatic N) is 2. The summed E-state index contributed by atoms with van der Waals surface area (Å²) in [5.41, 5.74) is 2.57. The van der Waals surface area contributed by atoms with Crippen LogP contribution in [0.3, 0.4) is 0 Å². The number of hydrogen-bond acceptors (Lipinski definition) is 4. The third-order valence-electron chi connectivity index (χ3n) is 5.35. The number of aromatic nitrogens is 1. The molecule has 0 aromatic carbocycles. The van der Waals surface area contributed by atoms with Gasteiger partial charge in [-0.25, -0.2) is 4.98 Å². The highest BCUT2D eigenvalue weighted by atomic mass is 16.5. The fourth-order valence-electron chi connectivity index (χ4n) is 3.72. The van der Waals surface area contributed by atoms with E-state index in [0.717, 1.165) is 30.2 Å². The number of nitrogens with one attached hydrogen (secondary N) is 1. The molecule has 1 atom stereocenters. The van der Waals surface area contributed by atoms with Crippen molar-refractivity contribution in [3.63, 3.8) is 0 Å². The van der Waals surface area contributed by atoms with E-state index in [1.54, 1.807) is 6.07 Å². The molecule has 0 spiro atoms. The van der Waals surface area contributed by atoms with Crippen molar-refractivity contribution in [2.24, 2.45) is 5.92 Å². The Hall–Kier alpha value is -2.38. The normalized spacial score (nSPS) is 24.7. The standard InChI is InChI=1S/C22H27N3O/c1-4-5-6-7-16(2)20(10-11-24-22-12-18(13-22)14-22)26-21-19(15-23)9-8-17(3)25-21/h4-9,18,20,24H,2,10-14H2,1,3H3/b5-4-,7-6-/t18?,20-,22?/m1/s1. The van der Waals surface area contributed by atoms with E-state index in [4.69, 9.17) is 4.74 Å². The van der Waals surface area contributed by atoms with Crippen LogP contribution in [0, 0.1) is 24.2 Å². The van der Waals surface area contributed by atoms with Gasteiger partial charge in [-0.05, 0) is 63.3 Å². The van der Waals surface area contributed by atoms with Crippen molar-refractivity contribution in [1.29, 1.82) is 5.26 Å². The lowest BCUT2D eigenvalue weighted by molar-refractivity contribution is -0.0513. The van der Waals surface area contributed by atoms with Crippen LogP contribution in [0.15, 0.2) is 48.6 Å². The Kier molecular flexibility index (Phi) is 5.58. The fraction of sp³-hybridized carbons (Fsp3) is 0.455. The number of rotatable bonds is 9. The number of ether oxygens (including phenoxy) is 1. The first-order valence-corrected chi connectivity index (χ1v) is 9.33. The van der Waals surface area contributed by atoms with Crippen LogP contribution in [0.5, 0.6) is 5.88 Å². The summed E-state index contributed by atoms with van der Waals surface area (Å²) in [5, 5.41) is 13.0. The minimum Gasteiger partial charge on any atom is -0.468 e. The maximum Gasteiger partial charge on any atom is 0.232 e. The second kappa shape index (κ2) is 7.88. The maximum absolute atomic E-state index is 9.33. The van der Waals surface area contributed by atoms with Crippen molar-refractivity contribution in [3.8, 4) is 11.9 Å². The van der Waals surface area contributed by atoms with Crippen molar-refractivity contribution in [2.75, 3.05) is 6.54 Å². The molecule has 2 bridgehead atoms. The number of aryl methyl sites for hydroxylation is 1. The van der Waals surface area contributed by atoms with E-state index < -0.39 is 0 Å². The van der Waals surface area contributed by atoms with E-state index in [1.807, 2.05) is 44.2 Å². The van der Waals surface area contributed by atoms with E-state index >= 15 is 0 Å². The van der Waals surface area contributed by atoms with Crippen LogP contribution in [0.4, 0.5) is 0 Å². The lowest BCUT2D eigenvalue weighted by Gasteiger charge is -2.62. The molecule has 0 amide bonds. The van der Waals surface area contributed by atoms with Gasteiger partial charge < -0.3 is 10.1 Å².